The Morgan fingerprint density at radius 1 is 1.12 bits per heavy atom. The Labute approximate surface area is 153 Å². The normalized spacial score (nSPS) is 15.9. The number of halogens is 3. The average Bonchev–Trinajstić information content (AvgIpc) is 3.13. The van der Waals surface area contributed by atoms with Crippen LogP contribution in [0.15, 0.2) is 41.8 Å². The predicted octanol–water partition coefficient (Wildman–Crippen LogP) is 3.49. The van der Waals surface area contributed by atoms with Crippen LogP contribution >= 0.6 is 11.3 Å². The number of piperazine rings is 1. The molecule has 1 fully saturated rings. The molecule has 1 aliphatic heterocycles. The van der Waals surface area contributed by atoms with E-state index < -0.39 is 11.7 Å². The molecule has 3 rings (SSSR count). The molecule has 0 aliphatic carbocycles. The molecule has 2 heterocycles. The van der Waals surface area contributed by atoms with E-state index in [0.29, 0.717) is 13.1 Å². The molecule has 1 aliphatic rings. The summed E-state index contributed by atoms with van der Waals surface area (Å²) >= 11 is 1.71. The fourth-order valence-electron chi connectivity index (χ4n) is 2.78. The molecule has 0 radical (unpaired) electrons. The van der Waals surface area contributed by atoms with Gasteiger partial charge in [-0.25, -0.2) is 0 Å². The number of carbonyl (C=O) groups is 1. The van der Waals surface area contributed by atoms with Crippen LogP contribution in [0.2, 0.25) is 0 Å². The number of benzene rings is 1. The molecule has 8 heteroatoms. The van der Waals surface area contributed by atoms with Crippen LogP contribution in [0.5, 0.6) is 5.75 Å². The van der Waals surface area contributed by atoms with Crippen molar-refractivity contribution in [3.63, 3.8) is 0 Å². The molecule has 2 aromatic rings. The van der Waals surface area contributed by atoms with Crippen molar-refractivity contribution in [2.75, 3.05) is 32.8 Å². The molecule has 26 heavy (non-hydrogen) atoms. The highest BCUT2D eigenvalue weighted by Crippen LogP contribution is 2.31. The number of nitrogens with zero attached hydrogens (tertiary/aromatic N) is 2. The molecule has 1 saturated heterocycles. The SMILES string of the molecule is O=C(COc1cccc(C(F)(F)F)c1)N1CCN(Cc2cccs2)CC1. The van der Waals surface area contributed by atoms with Crippen molar-refractivity contribution in [3.05, 3.63) is 52.2 Å². The lowest BCUT2D eigenvalue weighted by Crippen LogP contribution is -2.49. The van der Waals surface area contributed by atoms with Crippen LogP contribution in [0.1, 0.15) is 10.4 Å². The summed E-state index contributed by atoms with van der Waals surface area (Å²) in [5.41, 5.74) is -0.787. The maximum Gasteiger partial charge on any atom is 0.416 e. The zero-order valence-electron chi connectivity index (χ0n) is 14.0. The van der Waals surface area contributed by atoms with Crippen molar-refractivity contribution >= 4 is 17.2 Å². The molecular weight excluding hydrogens is 365 g/mol. The van der Waals surface area contributed by atoms with Gasteiger partial charge in [-0.1, -0.05) is 12.1 Å². The standard InChI is InChI=1S/C18H19F3N2O2S/c19-18(20,21)14-3-1-4-15(11-14)25-13-17(24)23-8-6-22(7-9-23)12-16-5-2-10-26-16/h1-5,10-11H,6-9,12-13H2. The van der Waals surface area contributed by atoms with Gasteiger partial charge in [0.25, 0.3) is 5.91 Å². The lowest BCUT2D eigenvalue weighted by Gasteiger charge is -2.34. The molecule has 0 N–H and O–H groups in total. The van der Waals surface area contributed by atoms with E-state index in [1.165, 1.54) is 17.0 Å². The second-order valence-corrected chi connectivity index (χ2v) is 7.08. The van der Waals surface area contributed by atoms with Gasteiger partial charge in [0.1, 0.15) is 5.75 Å². The van der Waals surface area contributed by atoms with Gasteiger partial charge in [0.15, 0.2) is 6.61 Å². The Bertz CT molecular complexity index is 726. The van der Waals surface area contributed by atoms with Crippen LogP contribution in [0.3, 0.4) is 0 Å². The monoisotopic (exact) mass is 384 g/mol. The van der Waals surface area contributed by atoms with Crippen LogP contribution < -0.4 is 4.74 Å². The number of carbonyl (C=O) groups excluding carboxylic acids is 1. The molecule has 0 atom stereocenters. The van der Waals surface area contributed by atoms with Gasteiger partial charge in [0, 0.05) is 37.6 Å². The first-order valence-corrected chi connectivity index (χ1v) is 9.12. The molecule has 0 bridgehead atoms. The van der Waals surface area contributed by atoms with Crippen LogP contribution in [0.4, 0.5) is 13.2 Å². The summed E-state index contributed by atoms with van der Waals surface area (Å²) in [5.74, 6) is -0.164. The number of alkyl halides is 3. The van der Waals surface area contributed by atoms with Gasteiger partial charge >= 0.3 is 6.18 Å². The Morgan fingerprint density at radius 2 is 1.88 bits per heavy atom. The Hall–Kier alpha value is -2.06. The highest BCUT2D eigenvalue weighted by atomic mass is 32.1. The molecule has 1 amide bonds. The lowest BCUT2D eigenvalue weighted by molar-refractivity contribution is -0.137. The lowest BCUT2D eigenvalue weighted by atomic mass is 10.2. The average molecular weight is 384 g/mol. The molecular formula is C18H19F3N2O2S. The van der Waals surface area contributed by atoms with Gasteiger partial charge in [0.05, 0.1) is 5.56 Å². The van der Waals surface area contributed by atoms with E-state index >= 15 is 0 Å². The minimum absolute atomic E-state index is 0.0458. The van der Waals surface area contributed by atoms with Crippen molar-refractivity contribution in [1.82, 2.24) is 9.80 Å². The summed E-state index contributed by atoms with van der Waals surface area (Å²) in [7, 11) is 0. The van der Waals surface area contributed by atoms with Crippen molar-refractivity contribution in [2.24, 2.45) is 0 Å². The van der Waals surface area contributed by atoms with Gasteiger partial charge in [-0.3, -0.25) is 9.69 Å². The third kappa shape index (κ3) is 4.98. The van der Waals surface area contributed by atoms with E-state index in [0.717, 1.165) is 31.8 Å². The molecule has 0 saturated carbocycles. The first-order valence-electron chi connectivity index (χ1n) is 8.24. The highest BCUT2D eigenvalue weighted by molar-refractivity contribution is 7.09. The van der Waals surface area contributed by atoms with Crippen LogP contribution in [-0.4, -0.2) is 48.5 Å². The highest BCUT2D eigenvalue weighted by Gasteiger charge is 2.30. The minimum atomic E-state index is -4.43. The van der Waals surface area contributed by atoms with Crippen LogP contribution in [0, 0.1) is 0 Å². The smallest absolute Gasteiger partial charge is 0.416 e. The predicted molar refractivity (Wildman–Crippen MR) is 93.1 cm³/mol. The summed E-state index contributed by atoms with van der Waals surface area (Å²) in [6.07, 6.45) is -4.43. The molecule has 0 unspecified atom stereocenters. The number of rotatable bonds is 5. The molecule has 1 aromatic heterocycles. The van der Waals surface area contributed by atoms with Gasteiger partial charge in [-0.2, -0.15) is 13.2 Å². The zero-order valence-corrected chi connectivity index (χ0v) is 14.9. The summed E-state index contributed by atoms with van der Waals surface area (Å²) < 4.78 is 43.4. The first-order chi connectivity index (χ1) is 12.4. The number of thiophene rings is 1. The van der Waals surface area contributed by atoms with Crippen LogP contribution in [-0.2, 0) is 17.5 Å². The van der Waals surface area contributed by atoms with E-state index in [9.17, 15) is 18.0 Å². The van der Waals surface area contributed by atoms with Crippen molar-refractivity contribution < 1.29 is 22.7 Å². The van der Waals surface area contributed by atoms with Gasteiger partial charge in [-0.05, 0) is 29.6 Å². The third-order valence-corrected chi connectivity index (χ3v) is 5.07. The zero-order chi connectivity index (χ0) is 18.6. The first kappa shape index (κ1) is 18.7. The molecule has 1 aromatic carbocycles. The Balaban J connectivity index is 1.46. The number of hydrogen-bond donors (Lipinski definition) is 0. The van der Waals surface area contributed by atoms with Gasteiger partial charge < -0.3 is 9.64 Å². The van der Waals surface area contributed by atoms with E-state index in [2.05, 4.69) is 11.0 Å². The Kier molecular flexibility index (Phi) is 5.83. The second kappa shape index (κ2) is 8.09. The third-order valence-electron chi connectivity index (χ3n) is 4.21. The maximum atomic E-state index is 12.7. The number of ether oxygens (including phenoxy) is 1. The second-order valence-electron chi connectivity index (χ2n) is 6.05. The Morgan fingerprint density at radius 3 is 2.54 bits per heavy atom. The molecule has 4 nitrogen and oxygen atoms in total. The van der Waals surface area contributed by atoms with Crippen molar-refractivity contribution in [3.8, 4) is 5.75 Å². The molecule has 0 spiro atoms. The fourth-order valence-corrected chi connectivity index (χ4v) is 3.52. The largest absolute Gasteiger partial charge is 0.484 e. The number of amides is 1. The topological polar surface area (TPSA) is 32.8 Å². The van der Waals surface area contributed by atoms with E-state index in [1.54, 1.807) is 16.2 Å². The van der Waals surface area contributed by atoms with Gasteiger partial charge in [-0.15, -0.1) is 11.3 Å². The van der Waals surface area contributed by atoms with Crippen molar-refractivity contribution in [1.29, 1.82) is 0 Å². The quantitative estimate of drug-likeness (QED) is 0.791. The van der Waals surface area contributed by atoms with Crippen LogP contribution in [0.25, 0.3) is 0 Å². The minimum Gasteiger partial charge on any atom is -0.484 e. The maximum absolute atomic E-state index is 12.7. The molecule has 140 valence electrons. The van der Waals surface area contributed by atoms with E-state index in [1.807, 2.05) is 11.4 Å². The van der Waals surface area contributed by atoms with E-state index in [-0.39, 0.29) is 18.3 Å². The summed E-state index contributed by atoms with van der Waals surface area (Å²) in [4.78, 5) is 17.5. The summed E-state index contributed by atoms with van der Waals surface area (Å²) in [6, 6.07) is 8.68. The van der Waals surface area contributed by atoms with Crippen molar-refractivity contribution in [2.45, 2.75) is 12.7 Å². The summed E-state index contributed by atoms with van der Waals surface area (Å²) in [6.45, 7) is 3.35. The van der Waals surface area contributed by atoms with Gasteiger partial charge in [0.2, 0.25) is 0 Å². The summed E-state index contributed by atoms with van der Waals surface area (Å²) in [5, 5.41) is 2.04. The number of hydrogen-bond acceptors (Lipinski definition) is 4. The van der Waals surface area contributed by atoms with E-state index in [4.69, 9.17) is 4.74 Å². The fraction of sp³-hybridized carbons (Fsp3) is 0.389.